The van der Waals surface area contributed by atoms with Crippen molar-refractivity contribution >= 4 is 11.8 Å². The lowest BCUT2D eigenvalue weighted by atomic mass is 9.42. The van der Waals surface area contributed by atoms with Gasteiger partial charge in [0.1, 0.15) is 5.78 Å². The Balaban J connectivity index is 1.72. The molecule has 4 rings (SSSR count). The maximum Gasteiger partial charge on any atom is 0.303 e. The summed E-state index contributed by atoms with van der Waals surface area (Å²) >= 11 is 0. The zero-order valence-electron chi connectivity index (χ0n) is 17.1. The van der Waals surface area contributed by atoms with Gasteiger partial charge in [0, 0.05) is 18.3 Å². The van der Waals surface area contributed by atoms with Crippen LogP contribution in [-0.4, -0.2) is 28.1 Å². The van der Waals surface area contributed by atoms with Crippen molar-refractivity contribution in [1.82, 2.24) is 0 Å². The third-order valence-corrected chi connectivity index (χ3v) is 9.67. The molecule has 0 bridgehead atoms. The minimum atomic E-state index is -0.708. The summed E-state index contributed by atoms with van der Waals surface area (Å²) in [4.78, 5) is 25.1. The number of carbonyl (C=O) groups is 2. The topological polar surface area (TPSA) is 74.6 Å². The van der Waals surface area contributed by atoms with Crippen LogP contribution >= 0.6 is 0 Å². The molecule has 0 aromatic heterocycles. The predicted molar refractivity (Wildman–Crippen MR) is 103 cm³/mol. The normalized spacial score (nSPS) is 50.4. The number of rotatable bonds is 3. The molecule has 0 aromatic carbocycles. The van der Waals surface area contributed by atoms with E-state index in [1.54, 1.807) is 0 Å². The van der Waals surface area contributed by atoms with Gasteiger partial charge in [-0.15, -0.1) is 0 Å². The second-order valence-electron chi connectivity index (χ2n) is 10.7. The first-order chi connectivity index (χ1) is 12.7. The maximum atomic E-state index is 13.7. The largest absolute Gasteiger partial charge is 0.481 e. The molecule has 4 aliphatic carbocycles. The Bertz CT molecular complexity index is 628. The number of carboxylic acid groups (broad SMARTS) is 1. The first-order valence-electron chi connectivity index (χ1n) is 11.1. The second-order valence-corrected chi connectivity index (χ2v) is 10.7. The molecule has 0 aliphatic heterocycles. The first-order valence-corrected chi connectivity index (χ1v) is 11.1. The van der Waals surface area contributed by atoms with Crippen molar-refractivity contribution in [2.75, 3.05) is 0 Å². The summed E-state index contributed by atoms with van der Waals surface area (Å²) in [6.07, 6.45) is 8.35. The monoisotopic (exact) mass is 376 g/mol. The second kappa shape index (κ2) is 6.57. The SMILES string of the molecule is CC(O)C1C(=O)C2C3CCC(CC(=O)O)C3(C)CCC2C2(C)CCCCC12. The van der Waals surface area contributed by atoms with Gasteiger partial charge in [-0.3, -0.25) is 9.59 Å². The van der Waals surface area contributed by atoms with Crippen LogP contribution in [0.15, 0.2) is 0 Å². The van der Waals surface area contributed by atoms with Crippen LogP contribution in [0.5, 0.6) is 0 Å². The predicted octanol–water partition coefficient (Wildman–Crippen LogP) is 4.30. The Morgan fingerprint density at radius 2 is 1.74 bits per heavy atom. The summed E-state index contributed by atoms with van der Waals surface area (Å²) in [6, 6.07) is 0. The molecule has 9 unspecified atom stereocenters. The van der Waals surface area contributed by atoms with Crippen molar-refractivity contribution < 1.29 is 19.8 Å². The maximum absolute atomic E-state index is 13.7. The number of carbonyl (C=O) groups excluding carboxylic acids is 1. The van der Waals surface area contributed by atoms with E-state index in [1.165, 1.54) is 19.3 Å². The number of fused-ring (bicyclic) bond motifs is 5. The van der Waals surface area contributed by atoms with Crippen LogP contribution in [0.3, 0.4) is 0 Å². The molecule has 4 saturated carbocycles. The lowest BCUT2D eigenvalue weighted by Crippen LogP contribution is -2.61. The smallest absolute Gasteiger partial charge is 0.303 e. The minimum Gasteiger partial charge on any atom is -0.481 e. The van der Waals surface area contributed by atoms with E-state index in [0.29, 0.717) is 23.5 Å². The first kappa shape index (κ1) is 19.4. The third-order valence-electron chi connectivity index (χ3n) is 9.67. The Kier molecular flexibility index (Phi) is 4.73. The molecule has 152 valence electrons. The van der Waals surface area contributed by atoms with Crippen LogP contribution in [-0.2, 0) is 9.59 Å². The van der Waals surface area contributed by atoms with Gasteiger partial charge in [-0.25, -0.2) is 0 Å². The highest BCUT2D eigenvalue weighted by atomic mass is 16.4. The zero-order valence-corrected chi connectivity index (χ0v) is 17.1. The molecule has 2 N–H and O–H groups in total. The molecular weight excluding hydrogens is 340 g/mol. The lowest BCUT2D eigenvalue weighted by molar-refractivity contribution is -0.175. The van der Waals surface area contributed by atoms with Gasteiger partial charge >= 0.3 is 5.97 Å². The van der Waals surface area contributed by atoms with Gasteiger partial charge in [-0.05, 0) is 80.0 Å². The van der Waals surface area contributed by atoms with Crippen LogP contribution < -0.4 is 0 Å². The molecule has 0 amide bonds. The summed E-state index contributed by atoms with van der Waals surface area (Å²) in [5.74, 6) is 0.641. The molecule has 27 heavy (non-hydrogen) atoms. The van der Waals surface area contributed by atoms with Crippen molar-refractivity contribution in [3.05, 3.63) is 0 Å². The van der Waals surface area contributed by atoms with Crippen LogP contribution in [0, 0.1) is 46.3 Å². The highest BCUT2D eigenvalue weighted by Crippen LogP contribution is 2.68. The molecule has 9 atom stereocenters. The number of aliphatic hydroxyl groups is 1. The molecular formula is C23H36O4. The van der Waals surface area contributed by atoms with Gasteiger partial charge in [0.25, 0.3) is 0 Å². The molecule has 0 radical (unpaired) electrons. The van der Waals surface area contributed by atoms with Crippen LogP contribution in [0.4, 0.5) is 0 Å². The van der Waals surface area contributed by atoms with E-state index in [1.807, 2.05) is 6.92 Å². The van der Waals surface area contributed by atoms with E-state index in [0.717, 1.165) is 32.1 Å². The van der Waals surface area contributed by atoms with Gasteiger partial charge in [0.05, 0.1) is 6.10 Å². The average molecular weight is 377 g/mol. The van der Waals surface area contributed by atoms with Crippen molar-refractivity contribution in [2.45, 2.75) is 84.7 Å². The third kappa shape index (κ3) is 2.73. The summed E-state index contributed by atoms with van der Waals surface area (Å²) in [5.41, 5.74) is 0.126. The van der Waals surface area contributed by atoms with Crippen molar-refractivity contribution in [3.8, 4) is 0 Å². The van der Waals surface area contributed by atoms with Crippen molar-refractivity contribution in [2.24, 2.45) is 46.3 Å². The van der Waals surface area contributed by atoms with Gasteiger partial charge in [0.15, 0.2) is 0 Å². The van der Waals surface area contributed by atoms with E-state index >= 15 is 0 Å². The molecule has 4 fully saturated rings. The Morgan fingerprint density at radius 1 is 1.04 bits per heavy atom. The summed E-state index contributed by atoms with van der Waals surface area (Å²) in [6.45, 7) is 6.47. The van der Waals surface area contributed by atoms with Crippen LogP contribution in [0.1, 0.15) is 78.6 Å². The number of hydrogen-bond donors (Lipinski definition) is 2. The van der Waals surface area contributed by atoms with E-state index in [9.17, 15) is 19.8 Å². The summed E-state index contributed by atoms with van der Waals surface area (Å²) < 4.78 is 0. The minimum absolute atomic E-state index is 0.0292. The number of aliphatic hydroxyl groups excluding tert-OH is 1. The Morgan fingerprint density at radius 3 is 2.41 bits per heavy atom. The molecule has 0 saturated heterocycles. The summed E-state index contributed by atoms with van der Waals surface area (Å²) in [7, 11) is 0. The molecule has 0 spiro atoms. The fourth-order valence-corrected chi connectivity index (χ4v) is 8.36. The fourth-order valence-electron chi connectivity index (χ4n) is 8.36. The highest BCUT2D eigenvalue weighted by Gasteiger charge is 2.65. The van der Waals surface area contributed by atoms with Gasteiger partial charge in [-0.1, -0.05) is 26.7 Å². The highest BCUT2D eigenvalue weighted by molar-refractivity contribution is 5.86. The van der Waals surface area contributed by atoms with E-state index in [4.69, 9.17) is 0 Å². The van der Waals surface area contributed by atoms with E-state index in [2.05, 4.69) is 13.8 Å². The molecule has 0 aromatic rings. The van der Waals surface area contributed by atoms with E-state index < -0.39 is 12.1 Å². The molecule has 4 aliphatic rings. The lowest BCUT2D eigenvalue weighted by Gasteiger charge is -2.62. The molecule has 0 heterocycles. The number of aliphatic carboxylic acids is 1. The number of hydrogen-bond acceptors (Lipinski definition) is 3. The number of carboxylic acids is 1. The van der Waals surface area contributed by atoms with Gasteiger partial charge in [0.2, 0.25) is 0 Å². The molecule has 4 nitrogen and oxygen atoms in total. The Labute approximate surface area is 163 Å². The number of Topliss-reactive ketones (excluding diaryl/α,β-unsaturated/α-hetero) is 1. The van der Waals surface area contributed by atoms with Crippen LogP contribution in [0.25, 0.3) is 0 Å². The van der Waals surface area contributed by atoms with E-state index in [-0.39, 0.29) is 35.0 Å². The van der Waals surface area contributed by atoms with Crippen LogP contribution in [0.2, 0.25) is 0 Å². The molecule has 4 heteroatoms. The van der Waals surface area contributed by atoms with Gasteiger partial charge < -0.3 is 10.2 Å². The number of ketones is 1. The average Bonchev–Trinajstić information content (AvgIpc) is 2.91. The summed E-state index contributed by atoms with van der Waals surface area (Å²) in [5, 5.41) is 19.9. The quantitative estimate of drug-likeness (QED) is 0.770. The standard InChI is InChI=1S/C23H36O4/c1-13(24)19-15-6-4-5-10-23(15,3)17-9-11-22(2)14(12-18(25)26)7-8-16(22)20(17)21(19)27/h13-17,19-20,24H,4-12H2,1-3H3,(H,25,26). The Hall–Kier alpha value is -0.900. The van der Waals surface area contributed by atoms with Crippen molar-refractivity contribution in [1.29, 1.82) is 0 Å². The van der Waals surface area contributed by atoms with Gasteiger partial charge in [-0.2, -0.15) is 0 Å². The zero-order chi connectivity index (χ0) is 19.6. The van der Waals surface area contributed by atoms with Crippen molar-refractivity contribution in [3.63, 3.8) is 0 Å². The fraction of sp³-hybridized carbons (Fsp3) is 0.913.